The maximum absolute atomic E-state index is 13.2. The highest BCUT2D eigenvalue weighted by Gasteiger charge is 2.71. The highest BCUT2D eigenvalue weighted by molar-refractivity contribution is 7.89. The zero-order chi connectivity index (χ0) is 26.2. The molecule has 2 aromatic rings. The van der Waals surface area contributed by atoms with Crippen molar-refractivity contribution >= 4 is 21.5 Å². The third-order valence-corrected chi connectivity index (χ3v) is 7.75. The first-order valence-corrected chi connectivity index (χ1v) is 12.0. The van der Waals surface area contributed by atoms with E-state index in [-0.39, 0.29) is 36.4 Å². The van der Waals surface area contributed by atoms with E-state index < -0.39 is 33.5 Å². The van der Waals surface area contributed by atoms with Gasteiger partial charge in [0.15, 0.2) is 0 Å². The van der Waals surface area contributed by atoms with Crippen LogP contribution in [0.15, 0.2) is 47.5 Å². The zero-order valence-corrected chi connectivity index (χ0v) is 19.3. The monoisotopic (exact) mass is 526 g/mol. The summed E-state index contributed by atoms with van der Waals surface area (Å²) >= 11 is 0. The van der Waals surface area contributed by atoms with Gasteiger partial charge in [-0.15, -0.1) is 0 Å². The largest absolute Gasteiger partial charge is 0.430 e. The second-order valence-electron chi connectivity index (χ2n) is 8.17. The van der Waals surface area contributed by atoms with Crippen LogP contribution in [0, 0.1) is 0 Å². The molecule has 1 aliphatic heterocycles. The molecule has 0 radical (unpaired) electrons. The Morgan fingerprint density at radius 3 is 2.11 bits per heavy atom. The Balaban J connectivity index is 1.87. The van der Waals surface area contributed by atoms with Crippen molar-refractivity contribution in [1.82, 2.24) is 9.29 Å². The fourth-order valence-corrected chi connectivity index (χ4v) is 5.46. The Morgan fingerprint density at radius 2 is 1.63 bits per heavy atom. The minimum absolute atomic E-state index is 0.0315. The van der Waals surface area contributed by atoms with Crippen molar-refractivity contribution in [3.8, 4) is 0 Å². The fraction of sp³-hybridized carbons (Fsp3) is 0.476. The number of piperazine rings is 1. The summed E-state index contributed by atoms with van der Waals surface area (Å²) in [5.74, 6) is 0.157. The predicted octanol–water partition coefficient (Wildman–Crippen LogP) is 3.66. The molecular weight excluding hydrogens is 502 g/mol. The number of pyridine rings is 1. The molecule has 3 N–H and O–H groups in total. The van der Waals surface area contributed by atoms with Crippen LogP contribution >= 0.6 is 0 Å². The molecule has 3 rings (SSSR count). The molecule has 0 unspecified atom stereocenters. The second-order valence-corrected chi connectivity index (χ2v) is 10.1. The highest BCUT2D eigenvalue weighted by atomic mass is 32.2. The first-order chi connectivity index (χ1) is 16.1. The van der Waals surface area contributed by atoms with E-state index in [4.69, 9.17) is 5.73 Å². The second kappa shape index (κ2) is 9.47. The molecule has 1 aromatic carbocycles. The Hall–Kier alpha value is -2.58. The summed E-state index contributed by atoms with van der Waals surface area (Å²) in [6.45, 7) is 2.10. The van der Waals surface area contributed by atoms with Crippen molar-refractivity contribution in [3.63, 3.8) is 0 Å². The maximum atomic E-state index is 13.2. The van der Waals surface area contributed by atoms with E-state index in [2.05, 4.69) is 4.98 Å². The Bertz CT molecular complexity index is 1110. The molecule has 14 heteroatoms. The number of hydrogen-bond donors (Lipinski definition) is 2. The van der Waals surface area contributed by atoms with Gasteiger partial charge in [0.25, 0.3) is 5.60 Å². The average molecular weight is 527 g/mol. The molecule has 0 saturated carbocycles. The molecule has 0 bridgehead atoms. The lowest BCUT2D eigenvalue weighted by atomic mass is 9.92. The van der Waals surface area contributed by atoms with Crippen molar-refractivity contribution in [3.05, 3.63) is 48.2 Å². The van der Waals surface area contributed by atoms with Gasteiger partial charge in [-0.3, -0.25) is 0 Å². The molecule has 0 spiro atoms. The van der Waals surface area contributed by atoms with Crippen molar-refractivity contribution in [2.24, 2.45) is 0 Å². The summed E-state index contributed by atoms with van der Waals surface area (Å²) in [6, 6.07) is 5.60. The molecule has 35 heavy (non-hydrogen) atoms. The summed E-state index contributed by atoms with van der Waals surface area (Å²) in [4.78, 5) is 5.50. The summed E-state index contributed by atoms with van der Waals surface area (Å²) in [5.41, 5.74) is -0.548. The number of alkyl halides is 6. The molecule has 1 atom stereocenters. The van der Waals surface area contributed by atoms with Gasteiger partial charge in [0.2, 0.25) is 10.0 Å². The quantitative estimate of drug-likeness (QED) is 0.558. The fourth-order valence-electron chi connectivity index (χ4n) is 4.04. The molecule has 1 aliphatic rings. The van der Waals surface area contributed by atoms with Gasteiger partial charge in [-0.25, -0.2) is 13.4 Å². The van der Waals surface area contributed by atoms with E-state index in [1.165, 1.54) is 16.4 Å². The van der Waals surface area contributed by atoms with Crippen LogP contribution in [-0.2, 0) is 15.6 Å². The molecule has 1 saturated heterocycles. The van der Waals surface area contributed by atoms with Gasteiger partial charge in [0.05, 0.1) is 0 Å². The number of hydrogen-bond acceptors (Lipinski definition) is 6. The molecule has 7 nitrogen and oxygen atoms in total. The minimum atomic E-state index is -5.98. The van der Waals surface area contributed by atoms with E-state index in [0.29, 0.717) is 30.7 Å². The van der Waals surface area contributed by atoms with Gasteiger partial charge >= 0.3 is 12.4 Å². The third kappa shape index (κ3) is 5.05. The third-order valence-electron chi connectivity index (χ3n) is 5.90. The van der Waals surface area contributed by atoms with Gasteiger partial charge < -0.3 is 15.7 Å². The number of nitrogens with two attached hydrogens (primary N) is 1. The number of nitrogens with zero attached hydrogens (tertiary/aromatic N) is 3. The first-order valence-electron chi connectivity index (χ1n) is 10.6. The van der Waals surface area contributed by atoms with Crippen molar-refractivity contribution in [2.45, 2.75) is 48.7 Å². The topological polar surface area (TPSA) is 99.8 Å². The van der Waals surface area contributed by atoms with Crippen LogP contribution < -0.4 is 10.6 Å². The van der Waals surface area contributed by atoms with Crippen molar-refractivity contribution < 1.29 is 39.9 Å². The number of rotatable bonds is 6. The van der Waals surface area contributed by atoms with Gasteiger partial charge in [-0.05, 0) is 30.7 Å². The minimum Gasteiger partial charge on any atom is -0.384 e. The van der Waals surface area contributed by atoms with E-state index >= 15 is 0 Å². The van der Waals surface area contributed by atoms with Crippen molar-refractivity contribution in [1.29, 1.82) is 0 Å². The number of anilines is 2. The van der Waals surface area contributed by atoms with Gasteiger partial charge in [0, 0.05) is 43.1 Å². The molecule has 0 aliphatic carbocycles. The number of aromatic nitrogens is 1. The SMILES string of the molecule is CCC[C@@H]1CN(S(=O)(=O)c2ccc(N)nc2)CCN1c1ccc(C(O)(C(F)(F)F)C(F)(F)F)cc1. The van der Waals surface area contributed by atoms with Crippen LogP contribution in [0.4, 0.5) is 37.8 Å². The molecule has 0 amide bonds. The highest BCUT2D eigenvalue weighted by Crippen LogP contribution is 2.50. The first kappa shape index (κ1) is 27.0. The Labute approximate surface area is 198 Å². The van der Waals surface area contributed by atoms with E-state index in [9.17, 15) is 39.9 Å². The molecular formula is C21H24F6N4O3S. The Kier molecular flexibility index (Phi) is 7.31. The van der Waals surface area contributed by atoms with Crippen LogP contribution in [0.5, 0.6) is 0 Å². The average Bonchev–Trinajstić information content (AvgIpc) is 2.77. The number of nitrogen functional groups attached to an aromatic ring is 1. The Morgan fingerprint density at radius 1 is 1.03 bits per heavy atom. The standard InChI is InChI=1S/C21H24F6N4O3S/c1-2-3-16-13-30(35(33,34)17-8-9-18(28)29-12-17)10-11-31(16)15-6-4-14(5-7-15)19(32,20(22,23)24)21(25,26)27/h4-9,12,16,32H,2-3,10-11,13H2,1H3,(H2,28,29)/t16-/m1/s1. The van der Waals surface area contributed by atoms with E-state index in [0.717, 1.165) is 18.3 Å². The number of sulfonamides is 1. The number of aliphatic hydroxyl groups is 1. The lowest BCUT2D eigenvalue weighted by molar-refractivity contribution is -0.376. The van der Waals surface area contributed by atoms with E-state index in [1.807, 2.05) is 6.92 Å². The van der Waals surface area contributed by atoms with Gasteiger partial charge in [-0.2, -0.15) is 30.6 Å². The van der Waals surface area contributed by atoms with E-state index in [1.54, 1.807) is 4.90 Å². The van der Waals surface area contributed by atoms with Crippen molar-refractivity contribution in [2.75, 3.05) is 30.3 Å². The zero-order valence-electron chi connectivity index (χ0n) is 18.5. The lowest BCUT2D eigenvalue weighted by Crippen LogP contribution is -2.55. The summed E-state index contributed by atoms with van der Waals surface area (Å²) < 4.78 is 106. The molecule has 2 heterocycles. The predicted molar refractivity (Wildman–Crippen MR) is 116 cm³/mol. The lowest BCUT2D eigenvalue weighted by Gasteiger charge is -2.42. The number of benzene rings is 1. The van der Waals surface area contributed by atoms with Crippen LogP contribution in [-0.4, -0.2) is 60.8 Å². The van der Waals surface area contributed by atoms with Gasteiger partial charge in [-0.1, -0.05) is 25.5 Å². The normalized spacial score (nSPS) is 18.6. The maximum Gasteiger partial charge on any atom is 0.430 e. The molecule has 194 valence electrons. The summed E-state index contributed by atoms with van der Waals surface area (Å²) in [6.07, 6.45) is -9.64. The summed E-state index contributed by atoms with van der Waals surface area (Å²) in [7, 11) is -3.89. The summed E-state index contributed by atoms with van der Waals surface area (Å²) in [5, 5.41) is 9.59. The van der Waals surface area contributed by atoms with Crippen LogP contribution in [0.25, 0.3) is 0 Å². The number of halogens is 6. The molecule has 1 fully saturated rings. The van der Waals surface area contributed by atoms with Crippen LogP contribution in [0.2, 0.25) is 0 Å². The smallest absolute Gasteiger partial charge is 0.384 e. The van der Waals surface area contributed by atoms with Gasteiger partial charge in [0.1, 0.15) is 10.7 Å². The van der Waals surface area contributed by atoms with Crippen LogP contribution in [0.1, 0.15) is 25.3 Å². The van der Waals surface area contributed by atoms with Crippen LogP contribution in [0.3, 0.4) is 0 Å². The molecule has 1 aromatic heterocycles.